The second kappa shape index (κ2) is 3.81. The third-order valence-corrected chi connectivity index (χ3v) is 4.33. The Bertz CT molecular complexity index is 473. The van der Waals surface area contributed by atoms with Crippen LogP contribution in [0.1, 0.15) is 0 Å². The van der Waals surface area contributed by atoms with Gasteiger partial charge in [-0.3, -0.25) is 4.68 Å². The summed E-state index contributed by atoms with van der Waals surface area (Å²) in [4.78, 5) is 0.0660. The Kier molecular flexibility index (Phi) is 2.74. The van der Waals surface area contributed by atoms with Crippen LogP contribution in [0.4, 0.5) is 0 Å². The Labute approximate surface area is 93.0 Å². The molecule has 0 aliphatic carbocycles. The van der Waals surface area contributed by atoms with Crippen molar-refractivity contribution in [3.63, 3.8) is 0 Å². The van der Waals surface area contributed by atoms with Gasteiger partial charge in [0.2, 0.25) is 10.0 Å². The molecule has 0 spiro atoms. The third-order valence-electron chi connectivity index (χ3n) is 2.54. The van der Waals surface area contributed by atoms with Crippen molar-refractivity contribution in [3.05, 3.63) is 12.4 Å². The molecule has 0 saturated carbocycles. The van der Waals surface area contributed by atoms with Crippen LogP contribution in [0, 0.1) is 0 Å². The van der Waals surface area contributed by atoms with Crippen molar-refractivity contribution in [1.29, 1.82) is 0 Å². The molecule has 1 aliphatic rings. The van der Waals surface area contributed by atoms with Gasteiger partial charge in [0.05, 0.1) is 18.4 Å². The minimum absolute atomic E-state index is 0.0660. The second-order valence-electron chi connectivity index (χ2n) is 3.81. The average molecular weight is 247 g/mol. The number of aryl methyl sites for hydroxylation is 1. The summed E-state index contributed by atoms with van der Waals surface area (Å²) in [5.74, 6) is 0. The number of aromatic nitrogens is 2. The molecule has 16 heavy (non-hydrogen) atoms. The highest BCUT2D eigenvalue weighted by Gasteiger charge is 2.37. The van der Waals surface area contributed by atoms with Gasteiger partial charge in [0.1, 0.15) is 4.90 Å². The first-order valence-electron chi connectivity index (χ1n) is 4.76. The van der Waals surface area contributed by atoms with Crippen molar-refractivity contribution in [3.8, 4) is 0 Å². The number of aliphatic hydroxyl groups is 2. The molecule has 1 aromatic rings. The maximum atomic E-state index is 12.0. The number of hydrogen-bond acceptors (Lipinski definition) is 5. The first kappa shape index (κ1) is 11.5. The van der Waals surface area contributed by atoms with Crippen LogP contribution in [-0.2, 0) is 17.1 Å². The SMILES string of the molecule is Cn1cc(S(=O)(=O)N2CC(O)C(O)C2)cn1. The van der Waals surface area contributed by atoms with Crippen molar-refractivity contribution >= 4 is 10.0 Å². The van der Waals surface area contributed by atoms with Gasteiger partial charge in [-0.1, -0.05) is 0 Å². The molecular weight excluding hydrogens is 234 g/mol. The third kappa shape index (κ3) is 1.84. The molecule has 7 nitrogen and oxygen atoms in total. The molecule has 1 aromatic heterocycles. The smallest absolute Gasteiger partial charge is 0.246 e. The molecule has 2 N–H and O–H groups in total. The topological polar surface area (TPSA) is 95.7 Å². The molecule has 1 aliphatic heterocycles. The van der Waals surface area contributed by atoms with Crippen LogP contribution in [0.3, 0.4) is 0 Å². The molecular formula is C8H13N3O4S. The lowest BCUT2D eigenvalue weighted by Gasteiger charge is -2.13. The van der Waals surface area contributed by atoms with Gasteiger partial charge in [0.15, 0.2) is 0 Å². The monoisotopic (exact) mass is 247 g/mol. The van der Waals surface area contributed by atoms with E-state index in [2.05, 4.69) is 5.10 Å². The Morgan fingerprint density at radius 3 is 2.38 bits per heavy atom. The molecule has 0 radical (unpaired) electrons. The summed E-state index contributed by atoms with van der Waals surface area (Å²) in [6, 6.07) is 0. The predicted octanol–water partition coefficient (Wildman–Crippen LogP) is -1.85. The van der Waals surface area contributed by atoms with Crippen molar-refractivity contribution in [2.24, 2.45) is 7.05 Å². The zero-order valence-corrected chi connectivity index (χ0v) is 9.50. The molecule has 0 bridgehead atoms. The van der Waals surface area contributed by atoms with Crippen LogP contribution >= 0.6 is 0 Å². The second-order valence-corrected chi connectivity index (χ2v) is 5.74. The summed E-state index contributed by atoms with van der Waals surface area (Å²) in [5, 5.41) is 22.4. The number of β-amino-alcohol motifs (C(OH)–C–C–N with tert-alkyl or cyclic N) is 2. The standard InChI is InChI=1S/C8H13N3O4S/c1-10-3-6(2-9-10)16(14,15)11-4-7(12)8(13)5-11/h2-3,7-8,12-13H,4-5H2,1H3. The summed E-state index contributed by atoms with van der Waals surface area (Å²) in [6.07, 6.45) is 0.580. The van der Waals surface area contributed by atoms with E-state index in [9.17, 15) is 18.6 Å². The van der Waals surface area contributed by atoms with E-state index in [-0.39, 0.29) is 18.0 Å². The van der Waals surface area contributed by atoms with Gasteiger partial charge in [0.25, 0.3) is 0 Å². The highest BCUT2D eigenvalue weighted by Crippen LogP contribution is 2.20. The zero-order valence-electron chi connectivity index (χ0n) is 8.68. The van der Waals surface area contributed by atoms with Crippen molar-refractivity contribution in [1.82, 2.24) is 14.1 Å². The highest BCUT2D eigenvalue weighted by molar-refractivity contribution is 7.89. The van der Waals surface area contributed by atoms with E-state index < -0.39 is 22.2 Å². The quantitative estimate of drug-likeness (QED) is 0.639. The van der Waals surface area contributed by atoms with Gasteiger partial charge in [-0.05, 0) is 0 Å². The maximum Gasteiger partial charge on any atom is 0.246 e. The predicted molar refractivity (Wildman–Crippen MR) is 54.0 cm³/mol. The number of sulfonamides is 1. The lowest BCUT2D eigenvalue weighted by Crippen LogP contribution is -2.29. The van der Waals surface area contributed by atoms with Crippen LogP contribution in [-0.4, -0.2) is 58.0 Å². The average Bonchev–Trinajstić information content (AvgIpc) is 2.75. The van der Waals surface area contributed by atoms with E-state index in [1.807, 2.05) is 0 Å². The molecule has 90 valence electrons. The number of nitrogens with zero attached hydrogens (tertiary/aromatic N) is 3. The highest BCUT2D eigenvalue weighted by atomic mass is 32.2. The minimum Gasteiger partial charge on any atom is -0.389 e. The van der Waals surface area contributed by atoms with Crippen molar-refractivity contribution in [2.45, 2.75) is 17.1 Å². The van der Waals surface area contributed by atoms with Crippen LogP contribution < -0.4 is 0 Å². The Balaban J connectivity index is 2.27. The maximum absolute atomic E-state index is 12.0. The fraction of sp³-hybridized carbons (Fsp3) is 0.625. The van der Waals surface area contributed by atoms with Crippen LogP contribution in [0.5, 0.6) is 0 Å². The van der Waals surface area contributed by atoms with Crippen LogP contribution in [0.2, 0.25) is 0 Å². The van der Waals surface area contributed by atoms with Crippen molar-refractivity contribution in [2.75, 3.05) is 13.1 Å². The van der Waals surface area contributed by atoms with E-state index in [1.54, 1.807) is 7.05 Å². The molecule has 2 rings (SSSR count). The van der Waals surface area contributed by atoms with Gasteiger partial charge in [-0.15, -0.1) is 0 Å². The summed E-state index contributed by atoms with van der Waals surface area (Å²) in [6.45, 7) is -0.170. The van der Waals surface area contributed by atoms with Gasteiger partial charge in [0, 0.05) is 26.3 Å². The van der Waals surface area contributed by atoms with E-state index in [1.165, 1.54) is 17.1 Å². The molecule has 2 unspecified atom stereocenters. The van der Waals surface area contributed by atoms with Gasteiger partial charge in [-0.2, -0.15) is 9.40 Å². The normalized spacial score (nSPS) is 27.4. The molecule has 2 heterocycles. The van der Waals surface area contributed by atoms with Gasteiger partial charge in [-0.25, -0.2) is 8.42 Å². The molecule has 2 atom stereocenters. The largest absolute Gasteiger partial charge is 0.389 e. The van der Waals surface area contributed by atoms with Crippen LogP contribution in [0.25, 0.3) is 0 Å². The minimum atomic E-state index is -3.65. The zero-order chi connectivity index (χ0) is 11.9. The lowest BCUT2D eigenvalue weighted by molar-refractivity contribution is 0.0572. The number of hydrogen-bond donors (Lipinski definition) is 2. The number of rotatable bonds is 2. The molecule has 0 amide bonds. The first-order chi connectivity index (χ1) is 7.41. The fourth-order valence-electron chi connectivity index (χ4n) is 1.61. The summed E-state index contributed by atoms with van der Waals surface area (Å²) < 4.78 is 26.4. The Morgan fingerprint density at radius 1 is 1.38 bits per heavy atom. The molecule has 1 saturated heterocycles. The molecule has 0 aromatic carbocycles. The summed E-state index contributed by atoms with van der Waals surface area (Å²) in [7, 11) is -2.04. The van der Waals surface area contributed by atoms with Gasteiger partial charge >= 0.3 is 0 Å². The summed E-state index contributed by atoms with van der Waals surface area (Å²) in [5.41, 5.74) is 0. The van der Waals surface area contributed by atoms with E-state index >= 15 is 0 Å². The lowest BCUT2D eigenvalue weighted by atomic mass is 10.3. The summed E-state index contributed by atoms with van der Waals surface area (Å²) >= 11 is 0. The number of aliphatic hydroxyl groups excluding tert-OH is 2. The van der Waals surface area contributed by atoms with E-state index in [4.69, 9.17) is 0 Å². The van der Waals surface area contributed by atoms with Gasteiger partial charge < -0.3 is 10.2 Å². The van der Waals surface area contributed by atoms with E-state index in [0.29, 0.717) is 0 Å². The fourth-order valence-corrected chi connectivity index (χ4v) is 3.07. The molecule has 1 fully saturated rings. The molecule has 8 heteroatoms. The Hall–Kier alpha value is -0.960. The first-order valence-corrected chi connectivity index (χ1v) is 6.20. The van der Waals surface area contributed by atoms with Crippen molar-refractivity contribution < 1.29 is 18.6 Å². The van der Waals surface area contributed by atoms with Crippen LogP contribution in [0.15, 0.2) is 17.3 Å². The Morgan fingerprint density at radius 2 is 1.94 bits per heavy atom. The van der Waals surface area contributed by atoms with E-state index in [0.717, 1.165) is 4.31 Å².